The first kappa shape index (κ1) is 15.2. The van der Waals surface area contributed by atoms with Gasteiger partial charge in [0.1, 0.15) is 0 Å². The number of thiophene rings is 1. The smallest absolute Gasteiger partial charge is 0.335 e. The molecule has 7 heteroatoms. The van der Waals surface area contributed by atoms with E-state index in [0.717, 1.165) is 4.47 Å². The highest BCUT2D eigenvalue weighted by Gasteiger charge is 2.22. The third kappa shape index (κ3) is 2.94. The van der Waals surface area contributed by atoms with E-state index in [1.807, 2.05) is 0 Å². The third-order valence-electron chi connectivity index (χ3n) is 2.86. The van der Waals surface area contributed by atoms with Gasteiger partial charge in [-0.25, -0.2) is 13.2 Å². The molecule has 0 aliphatic carbocycles. The van der Waals surface area contributed by atoms with E-state index in [-0.39, 0.29) is 21.8 Å². The Morgan fingerprint density at radius 3 is 2.60 bits per heavy atom. The van der Waals surface area contributed by atoms with Gasteiger partial charge in [0.15, 0.2) is 9.84 Å². The van der Waals surface area contributed by atoms with Crippen molar-refractivity contribution < 1.29 is 18.3 Å². The highest BCUT2D eigenvalue weighted by Crippen LogP contribution is 2.29. The standard InChI is InChI=1S/C13H11BrO4S2/c1-8-9(13(15)16)3-2-4-12(8)20(17,18)7-11-10(14)5-6-19-11/h2-6H,7H2,1H3,(H,15,16). The fraction of sp³-hybridized carbons (Fsp3) is 0.154. The zero-order valence-electron chi connectivity index (χ0n) is 10.5. The van der Waals surface area contributed by atoms with Crippen molar-refractivity contribution in [3.63, 3.8) is 0 Å². The fourth-order valence-electron chi connectivity index (χ4n) is 1.86. The lowest BCUT2D eigenvalue weighted by Gasteiger charge is -2.09. The summed E-state index contributed by atoms with van der Waals surface area (Å²) in [7, 11) is -3.58. The number of carboxylic acids is 1. The zero-order valence-corrected chi connectivity index (χ0v) is 13.7. The largest absolute Gasteiger partial charge is 0.478 e. The quantitative estimate of drug-likeness (QED) is 0.888. The number of benzene rings is 1. The van der Waals surface area contributed by atoms with Crippen LogP contribution in [-0.4, -0.2) is 19.5 Å². The molecule has 0 amide bonds. The van der Waals surface area contributed by atoms with Gasteiger partial charge in [0.2, 0.25) is 0 Å². The van der Waals surface area contributed by atoms with Crippen LogP contribution in [0.1, 0.15) is 20.8 Å². The average Bonchev–Trinajstić information content (AvgIpc) is 2.74. The summed E-state index contributed by atoms with van der Waals surface area (Å²) < 4.78 is 25.6. The molecular formula is C13H11BrO4S2. The number of hydrogen-bond acceptors (Lipinski definition) is 4. The number of rotatable bonds is 4. The van der Waals surface area contributed by atoms with Crippen LogP contribution in [-0.2, 0) is 15.6 Å². The van der Waals surface area contributed by atoms with Crippen LogP contribution in [0.4, 0.5) is 0 Å². The van der Waals surface area contributed by atoms with Crippen molar-refractivity contribution in [1.82, 2.24) is 0 Å². The van der Waals surface area contributed by atoms with E-state index >= 15 is 0 Å². The molecule has 1 aromatic carbocycles. The fourth-order valence-corrected chi connectivity index (χ4v) is 5.58. The van der Waals surface area contributed by atoms with Crippen LogP contribution in [0, 0.1) is 6.92 Å². The monoisotopic (exact) mass is 374 g/mol. The lowest BCUT2D eigenvalue weighted by Crippen LogP contribution is -2.09. The number of sulfone groups is 1. The van der Waals surface area contributed by atoms with Crippen LogP contribution in [0.25, 0.3) is 0 Å². The number of halogens is 1. The Kier molecular flexibility index (Phi) is 4.31. The van der Waals surface area contributed by atoms with Gasteiger partial charge >= 0.3 is 5.97 Å². The van der Waals surface area contributed by atoms with Crippen molar-refractivity contribution >= 4 is 43.1 Å². The normalized spacial score (nSPS) is 11.5. The Bertz CT molecular complexity index is 762. The molecule has 0 aliphatic rings. The Morgan fingerprint density at radius 2 is 2.05 bits per heavy atom. The Labute approximate surface area is 129 Å². The molecule has 0 unspecified atom stereocenters. The van der Waals surface area contributed by atoms with E-state index in [1.165, 1.54) is 36.5 Å². The molecule has 0 fully saturated rings. The minimum Gasteiger partial charge on any atom is -0.478 e. The summed E-state index contributed by atoms with van der Waals surface area (Å²) in [4.78, 5) is 11.8. The number of carboxylic acid groups (broad SMARTS) is 1. The van der Waals surface area contributed by atoms with Crippen molar-refractivity contribution in [3.8, 4) is 0 Å². The summed E-state index contributed by atoms with van der Waals surface area (Å²) in [5.74, 6) is -1.27. The molecular weight excluding hydrogens is 364 g/mol. The van der Waals surface area contributed by atoms with Gasteiger partial charge < -0.3 is 5.11 Å². The molecule has 0 radical (unpaired) electrons. The van der Waals surface area contributed by atoms with Gasteiger partial charge in [-0.05, 0) is 52.0 Å². The first-order valence-electron chi connectivity index (χ1n) is 5.60. The minimum atomic E-state index is -3.58. The minimum absolute atomic E-state index is 0.0105. The van der Waals surface area contributed by atoms with Crippen molar-refractivity contribution in [3.05, 3.63) is 50.1 Å². The molecule has 0 aliphatic heterocycles. The van der Waals surface area contributed by atoms with Crippen molar-refractivity contribution in [2.45, 2.75) is 17.6 Å². The van der Waals surface area contributed by atoms with Gasteiger partial charge in [-0.15, -0.1) is 11.3 Å². The Morgan fingerprint density at radius 1 is 1.35 bits per heavy atom. The van der Waals surface area contributed by atoms with Gasteiger partial charge in [-0.2, -0.15) is 0 Å². The van der Waals surface area contributed by atoms with Crippen molar-refractivity contribution in [2.24, 2.45) is 0 Å². The molecule has 1 aromatic heterocycles. The molecule has 1 N–H and O–H groups in total. The molecule has 2 aromatic rings. The van der Waals surface area contributed by atoms with Gasteiger partial charge in [0, 0.05) is 9.35 Å². The van der Waals surface area contributed by atoms with Crippen LogP contribution < -0.4 is 0 Å². The highest BCUT2D eigenvalue weighted by molar-refractivity contribution is 9.10. The average molecular weight is 375 g/mol. The van der Waals surface area contributed by atoms with Crippen LogP contribution in [0.15, 0.2) is 39.0 Å². The van der Waals surface area contributed by atoms with E-state index in [1.54, 1.807) is 11.4 Å². The maximum atomic E-state index is 12.4. The third-order valence-corrected chi connectivity index (χ3v) is 6.75. The number of hydrogen-bond donors (Lipinski definition) is 1. The lowest BCUT2D eigenvalue weighted by atomic mass is 10.1. The summed E-state index contributed by atoms with van der Waals surface area (Å²) in [6.07, 6.45) is 0. The summed E-state index contributed by atoms with van der Waals surface area (Å²) in [5, 5.41) is 10.9. The first-order chi connectivity index (χ1) is 9.33. The molecule has 0 spiro atoms. The Hall–Kier alpha value is -1.18. The molecule has 0 saturated heterocycles. The van der Waals surface area contributed by atoms with Crippen LogP contribution in [0.2, 0.25) is 0 Å². The SMILES string of the molecule is Cc1c(C(=O)O)cccc1S(=O)(=O)Cc1sccc1Br. The second-order valence-electron chi connectivity index (χ2n) is 4.18. The van der Waals surface area contributed by atoms with E-state index < -0.39 is 15.8 Å². The van der Waals surface area contributed by atoms with Crippen LogP contribution in [0.5, 0.6) is 0 Å². The van der Waals surface area contributed by atoms with E-state index in [2.05, 4.69) is 15.9 Å². The van der Waals surface area contributed by atoms with Gasteiger partial charge in [-0.1, -0.05) is 6.07 Å². The number of aromatic carboxylic acids is 1. The predicted molar refractivity (Wildman–Crippen MR) is 81.0 cm³/mol. The summed E-state index contributed by atoms with van der Waals surface area (Å²) in [6.45, 7) is 1.51. The van der Waals surface area contributed by atoms with Crippen molar-refractivity contribution in [2.75, 3.05) is 0 Å². The highest BCUT2D eigenvalue weighted by atomic mass is 79.9. The van der Waals surface area contributed by atoms with Gasteiger partial charge in [0.25, 0.3) is 0 Å². The Balaban J connectivity index is 2.48. The molecule has 0 saturated carbocycles. The maximum absolute atomic E-state index is 12.4. The summed E-state index contributed by atoms with van der Waals surface area (Å²) in [6, 6.07) is 6.08. The molecule has 106 valence electrons. The predicted octanol–water partition coefficient (Wildman–Crippen LogP) is 3.49. The van der Waals surface area contributed by atoms with Gasteiger partial charge in [0.05, 0.1) is 16.2 Å². The summed E-state index contributed by atoms with van der Waals surface area (Å²) >= 11 is 4.64. The lowest BCUT2D eigenvalue weighted by molar-refractivity contribution is 0.0696. The second kappa shape index (κ2) is 5.67. The second-order valence-corrected chi connectivity index (χ2v) is 8.00. The first-order valence-corrected chi connectivity index (χ1v) is 8.93. The van der Waals surface area contributed by atoms with E-state index in [9.17, 15) is 13.2 Å². The van der Waals surface area contributed by atoms with E-state index in [0.29, 0.717) is 4.88 Å². The maximum Gasteiger partial charge on any atom is 0.335 e. The summed E-state index contributed by atoms with van der Waals surface area (Å²) in [5.41, 5.74) is 0.281. The number of carbonyl (C=O) groups is 1. The topological polar surface area (TPSA) is 71.4 Å². The van der Waals surface area contributed by atoms with E-state index in [4.69, 9.17) is 5.11 Å². The molecule has 20 heavy (non-hydrogen) atoms. The molecule has 1 heterocycles. The molecule has 2 rings (SSSR count). The van der Waals surface area contributed by atoms with Crippen LogP contribution in [0.3, 0.4) is 0 Å². The molecule has 0 atom stereocenters. The van der Waals surface area contributed by atoms with Gasteiger partial charge in [-0.3, -0.25) is 0 Å². The van der Waals surface area contributed by atoms with Crippen molar-refractivity contribution in [1.29, 1.82) is 0 Å². The molecule has 0 bridgehead atoms. The zero-order chi connectivity index (χ0) is 14.9. The van der Waals surface area contributed by atoms with Crippen LogP contribution >= 0.6 is 27.3 Å². The molecule has 4 nitrogen and oxygen atoms in total.